The average Bonchev–Trinajstić information content (AvgIpc) is 3.16. The van der Waals surface area contributed by atoms with Gasteiger partial charge in [-0.05, 0) is 63.3 Å². The molecule has 0 aliphatic carbocycles. The third-order valence-electron chi connectivity index (χ3n) is 5.59. The maximum Gasteiger partial charge on any atom is 0.313 e. The SMILES string of the molecule is Cc1cc(C)c(S(=O)(=O)N2CCCC2CNC(=O)C(=O)Nc2ccccc2C)c(C)c1. The van der Waals surface area contributed by atoms with Crippen molar-refractivity contribution < 1.29 is 18.0 Å². The first-order valence-electron chi connectivity index (χ1n) is 10.4. The zero-order chi connectivity index (χ0) is 22.8. The molecule has 7 nitrogen and oxygen atoms in total. The number of rotatable bonds is 5. The fourth-order valence-electron chi connectivity index (χ4n) is 4.20. The van der Waals surface area contributed by atoms with Crippen LogP contribution in [0.3, 0.4) is 0 Å². The van der Waals surface area contributed by atoms with Crippen LogP contribution < -0.4 is 10.6 Å². The van der Waals surface area contributed by atoms with Crippen molar-refractivity contribution in [2.75, 3.05) is 18.4 Å². The molecule has 2 aromatic carbocycles. The Hall–Kier alpha value is -2.71. The Bertz CT molecular complexity index is 1090. The minimum absolute atomic E-state index is 0.0865. The van der Waals surface area contributed by atoms with Gasteiger partial charge >= 0.3 is 11.8 Å². The second-order valence-electron chi connectivity index (χ2n) is 8.12. The summed E-state index contributed by atoms with van der Waals surface area (Å²) in [4.78, 5) is 24.9. The van der Waals surface area contributed by atoms with Crippen LogP contribution in [0, 0.1) is 27.7 Å². The van der Waals surface area contributed by atoms with Crippen LogP contribution >= 0.6 is 0 Å². The van der Waals surface area contributed by atoms with E-state index in [-0.39, 0.29) is 12.6 Å². The van der Waals surface area contributed by atoms with Crippen molar-refractivity contribution in [2.45, 2.75) is 51.5 Å². The van der Waals surface area contributed by atoms with Crippen molar-refractivity contribution in [3.8, 4) is 0 Å². The van der Waals surface area contributed by atoms with Crippen molar-refractivity contribution in [2.24, 2.45) is 0 Å². The van der Waals surface area contributed by atoms with E-state index in [9.17, 15) is 18.0 Å². The number of aryl methyl sites for hydroxylation is 4. The molecule has 2 N–H and O–H groups in total. The molecule has 3 rings (SSSR count). The molecule has 0 radical (unpaired) electrons. The van der Waals surface area contributed by atoms with E-state index in [0.717, 1.165) is 11.1 Å². The van der Waals surface area contributed by atoms with Crippen molar-refractivity contribution in [1.29, 1.82) is 0 Å². The number of sulfonamides is 1. The summed E-state index contributed by atoms with van der Waals surface area (Å²) in [6, 6.07) is 10.5. The molecule has 1 heterocycles. The second-order valence-corrected chi connectivity index (χ2v) is 9.95. The van der Waals surface area contributed by atoms with Crippen molar-refractivity contribution in [3.05, 3.63) is 58.7 Å². The Morgan fingerprint density at radius 3 is 2.29 bits per heavy atom. The first kappa shape index (κ1) is 23.0. The molecule has 8 heteroatoms. The van der Waals surface area contributed by atoms with Gasteiger partial charge in [-0.15, -0.1) is 0 Å². The van der Waals surface area contributed by atoms with Crippen LogP contribution in [0.1, 0.15) is 35.1 Å². The molecule has 2 amide bonds. The van der Waals surface area contributed by atoms with E-state index in [2.05, 4.69) is 10.6 Å². The lowest BCUT2D eigenvalue weighted by atomic mass is 10.1. The first-order valence-corrected chi connectivity index (χ1v) is 11.8. The molecule has 1 fully saturated rings. The van der Waals surface area contributed by atoms with Crippen LogP contribution in [0.15, 0.2) is 41.3 Å². The maximum absolute atomic E-state index is 13.4. The summed E-state index contributed by atoms with van der Waals surface area (Å²) in [5, 5.41) is 5.19. The quantitative estimate of drug-likeness (QED) is 0.695. The Morgan fingerprint density at radius 1 is 1.00 bits per heavy atom. The fourth-order valence-corrected chi connectivity index (χ4v) is 6.31. The summed E-state index contributed by atoms with van der Waals surface area (Å²) in [6.45, 7) is 7.86. The predicted octanol–water partition coefficient (Wildman–Crippen LogP) is 2.83. The van der Waals surface area contributed by atoms with Crippen molar-refractivity contribution >= 4 is 27.5 Å². The zero-order valence-electron chi connectivity index (χ0n) is 18.4. The van der Waals surface area contributed by atoms with E-state index >= 15 is 0 Å². The zero-order valence-corrected chi connectivity index (χ0v) is 19.2. The number of hydrogen-bond donors (Lipinski definition) is 2. The summed E-state index contributed by atoms with van der Waals surface area (Å²) in [5.41, 5.74) is 3.85. The summed E-state index contributed by atoms with van der Waals surface area (Å²) in [7, 11) is -3.71. The monoisotopic (exact) mass is 443 g/mol. The van der Waals surface area contributed by atoms with E-state index in [1.54, 1.807) is 26.0 Å². The lowest BCUT2D eigenvalue weighted by Gasteiger charge is -2.26. The van der Waals surface area contributed by atoms with Gasteiger partial charge in [-0.3, -0.25) is 9.59 Å². The summed E-state index contributed by atoms with van der Waals surface area (Å²) < 4.78 is 28.2. The number of hydrogen-bond acceptors (Lipinski definition) is 4. The van der Waals surface area contributed by atoms with Crippen LogP contribution in [0.25, 0.3) is 0 Å². The van der Waals surface area contributed by atoms with Crippen LogP contribution in [-0.2, 0) is 19.6 Å². The third-order valence-corrected chi connectivity index (χ3v) is 7.85. The topological polar surface area (TPSA) is 95.6 Å². The molecule has 1 atom stereocenters. The van der Waals surface area contributed by atoms with E-state index in [1.165, 1.54) is 4.31 Å². The average molecular weight is 444 g/mol. The minimum Gasteiger partial charge on any atom is -0.346 e. The van der Waals surface area contributed by atoms with E-state index in [4.69, 9.17) is 0 Å². The standard InChI is InChI=1S/C23H29N3O4S/c1-15-12-17(3)21(18(4)13-15)31(29,30)26-11-7-9-19(26)14-24-22(27)23(28)25-20-10-6-5-8-16(20)2/h5-6,8,10,12-13,19H,7,9,11,14H2,1-4H3,(H,24,27)(H,25,28). The van der Waals surface area contributed by atoms with E-state index < -0.39 is 21.8 Å². The summed E-state index contributed by atoms with van der Waals surface area (Å²) >= 11 is 0. The van der Waals surface area contributed by atoms with Gasteiger partial charge in [-0.1, -0.05) is 35.9 Å². The molecule has 1 unspecified atom stereocenters. The minimum atomic E-state index is -3.71. The number of nitrogens with zero attached hydrogens (tertiary/aromatic N) is 1. The number of carbonyl (C=O) groups excluding carboxylic acids is 2. The molecule has 31 heavy (non-hydrogen) atoms. The number of benzene rings is 2. The summed E-state index contributed by atoms with van der Waals surface area (Å²) in [5.74, 6) is -1.55. The lowest BCUT2D eigenvalue weighted by molar-refractivity contribution is -0.136. The number of amides is 2. The highest BCUT2D eigenvalue weighted by Gasteiger charge is 2.37. The van der Waals surface area contributed by atoms with Gasteiger partial charge < -0.3 is 10.6 Å². The van der Waals surface area contributed by atoms with E-state index in [0.29, 0.717) is 41.1 Å². The van der Waals surface area contributed by atoms with Gasteiger partial charge in [0, 0.05) is 24.8 Å². The molecule has 166 valence electrons. The summed E-state index contributed by atoms with van der Waals surface area (Å²) in [6.07, 6.45) is 1.34. The molecular weight excluding hydrogens is 414 g/mol. The molecule has 0 saturated carbocycles. The highest BCUT2D eigenvalue weighted by Crippen LogP contribution is 2.30. The van der Waals surface area contributed by atoms with E-state index in [1.807, 2.05) is 38.1 Å². The number of nitrogens with one attached hydrogen (secondary N) is 2. The molecule has 1 aliphatic rings. The molecule has 0 aromatic heterocycles. The molecule has 1 aliphatic heterocycles. The highest BCUT2D eigenvalue weighted by atomic mass is 32.2. The van der Waals surface area contributed by atoms with Crippen molar-refractivity contribution in [3.63, 3.8) is 0 Å². The third kappa shape index (κ3) is 4.97. The largest absolute Gasteiger partial charge is 0.346 e. The smallest absolute Gasteiger partial charge is 0.313 e. The van der Waals surface area contributed by atoms with Gasteiger partial charge in [-0.2, -0.15) is 4.31 Å². The lowest BCUT2D eigenvalue weighted by Crippen LogP contribution is -2.45. The van der Waals surface area contributed by atoms with Crippen LogP contribution in [-0.4, -0.2) is 43.7 Å². The second kappa shape index (κ2) is 9.20. The predicted molar refractivity (Wildman–Crippen MR) is 120 cm³/mol. The maximum atomic E-state index is 13.4. The van der Waals surface area contributed by atoms with Gasteiger partial charge in [0.05, 0.1) is 4.90 Å². The Morgan fingerprint density at radius 2 is 1.65 bits per heavy atom. The molecule has 1 saturated heterocycles. The Balaban J connectivity index is 1.69. The van der Waals surface area contributed by atoms with Gasteiger partial charge in [-0.25, -0.2) is 8.42 Å². The molecule has 0 spiro atoms. The van der Waals surface area contributed by atoms with Gasteiger partial charge in [0.25, 0.3) is 0 Å². The van der Waals surface area contributed by atoms with Gasteiger partial charge in [0.1, 0.15) is 0 Å². The van der Waals surface area contributed by atoms with Crippen LogP contribution in [0.2, 0.25) is 0 Å². The number of para-hydroxylation sites is 1. The Kier molecular flexibility index (Phi) is 6.81. The number of carbonyl (C=O) groups is 2. The molecule has 2 aromatic rings. The normalized spacial score (nSPS) is 16.8. The molecule has 0 bridgehead atoms. The molecular formula is C23H29N3O4S. The fraction of sp³-hybridized carbons (Fsp3) is 0.391. The van der Waals surface area contributed by atoms with Crippen LogP contribution in [0.5, 0.6) is 0 Å². The Labute approximate surface area is 183 Å². The van der Waals surface area contributed by atoms with Crippen molar-refractivity contribution in [1.82, 2.24) is 9.62 Å². The van der Waals surface area contributed by atoms with Crippen LogP contribution in [0.4, 0.5) is 5.69 Å². The first-order chi connectivity index (χ1) is 14.6. The van der Waals surface area contributed by atoms with Gasteiger partial charge in [0.2, 0.25) is 10.0 Å². The highest BCUT2D eigenvalue weighted by molar-refractivity contribution is 7.89. The number of anilines is 1. The van der Waals surface area contributed by atoms with Gasteiger partial charge in [0.15, 0.2) is 0 Å².